The minimum atomic E-state index is -0.472. The summed E-state index contributed by atoms with van der Waals surface area (Å²) in [4.78, 5) is 13.8. The molecule has 1 aromatic rings. The van der Waals surface area contributed by atoms with Crippen LogP contribution < -0.4 is 0 Å². The third kappa shape index (κ3) is 2.92. The van der Waals surface area contributed by atoms with Crippen molar-refractivity contribution in [2.75, 3.05) is 14.1 Å². The lowest BCUT2D eigenvalue weighted by molar-refractivity contribution is -0.133. The lowest BCUT2D eigenvalue weighted by atomic mass is 9.80. The summed E-state index contributed by atoms with van der Waals surface area (Å²) in [6.07, 6.45) is 0. The Morgan fingerprint density at radius 1 is 0.889 bits per heavy atom. The molecule has 0 aliphatic carbocycles. The number of benzene rings is 1. The molecule has 0 aromatic heterocycles. The zero-order chi connectivity index (χ0) is 14.1. The predicted octanol–water partition coefficient (Wildman–Crippen LogP) is 3.35. The van der Waals surface area contributed by atoms with Crippen LogP contribution in [0.4, 0.5) is 0 Å². The van der Waals surface area contributed by atoms with Crippen molar-refractivity contribution in [3.05, 3.63) is 35.4 Å². The van der Waals surface area contributed by atoms with E-state index in [4.69, 9.17) is 0 Å². The van der Waals surface area contributed by atoms with Crippen molar-refractivity contribution < 1.29 is 4.79 Å². The highest BCUT2D eigenvalue weighted by Crippen LogP contribution is 2.28. The maximum atomic E-state index is 12.2. The van der Waals surface area contributed by atoms with Crippen LogP contribution in [0.5, 0.6) is 0 Å². The molecule has 2 nitrogen and oxygen atoms in total. The normalized spacial score (nSPS) is 12.4. The van der Waals surface area contributed by atoms with E-state index in [1.54, 1.807) is 19.0 Å². The van der Waals surface area contributed by atoms with E-state index in [0.29, 0.717) is 0 Å². The van der Waals surface area contributed by atoms with Crippen LogP contribution >= 0.6 is 0 Å². The van der Waals surface area contributed by atoms with Crippen molar-refractivity contribution in [1.82, 2.24) is 4.90 Å². The molecular weight excluding hydrogens is 222 g/mol. The summed E-state index contributed by atoms with van der Waals surface area (Å²) in [5.41, 5.74) is 2.03. The van der Waals surface area contributed by atoms with Gasteiger partial charge in [-0.2, -0.15) is 0 Å². The summed E-state index contributed by atoms with van der Waals surface area (Å²) in [6, 6.07) is 8.39. The molecule has 0 radical (unpaired) electrons. The monoisotopic (exact) mass is 247 g/mol. The van der Waals surface area contributed by atoms with E-state index in [9.17, 15) is 4.79 Å². The van der Waals surface area contributed by atoms with Gasteiger partial charge < -0.3 is 4.90 Å². The molecule has 2 heteroatoms. The van der Waals surface area contributed by atoms with Crippen molar-refractivity contribution in [2.24, 2.45) is 0 Å². The lowest BCUT2D eigenvalue weighted by Crippen LogP contribution is -2.39. The van der Waals surface area contributed by atoms with Crippen LogP contribution in [0.2, 0.25) is 0 Å². The van der Waals surface area contributed by atoms with Gasteiger partial charge in [0.25, 0.3) is 0 Å². The number of rotatable bonds is 2. The van der Waals surface area contributed by atoms with Crippen molar-refractivity contribution in [3.8, 4) is 0 Å². The van der Waals surface area contributed by atoms with Crippen LogP contribution in [-0.4, -0.2) is 24.9 Å². The quantitative estimate of drug-likeness (QED) is 0.785. The van der Waals surface area contributed by atoms with Gasteiger partial charge >= 0.3 is 0 Å². The maximum absolute atomic E-state index is 12.2. The van der Waals surface area contributed by atoms with Crippen LogP contribution in [0.15, 0.2) is 24.3 Å². The third-order valence-corrected chi connectivity index (χ3v) is 3.41. The molecule has 1 rings (SSSR count). The molecule has 1 amide bonds. The number of amides is 1. The number of hydrogen-bond donors (Lipinski definition) is 0. The Bertz CT molecular complexity index is 421. The van der Waals surface area contributed by atoms with Gasteiger partial charge in [-0.25, -0.2) is 0 Å². The van der Waals surface area contributed by atoms with Crippen LogP contribution in [0, 0.1) is 0 Å². The predicted molar refractivity (Wildman–Crippen MR) is 76.9 cm³/mol. The van der Waals surface area contributed by atoms with Crippen LogP contribution in [0.3, 0.4) is 0 Å². The van der Waals surface area contributed by atoms with Gasteiger partial charge in [0.1, 0.15) is 0 Å². The third-order valence-electron chi connectivity index (χ3n) is 3.41. The molecule has 100 valence electrons. The summed E-state index contributed by atoms with van der Waals surface area (Å²) >= 11 is 0. The van der Waals surface area contributed by atoms with Crippen LogP contribution in [-0.2, 0) is 15.6 Å². The van der Waals surface area contributed by atoms with Gasteiger partial charge in [-0.3, -0.25) is 4.79 Å². The summed E-state index contributed by atoms with van der Waals surface area (Å²) in [7, 11) is 3.60. The van der Waals surface area contributed by atoms with Gasteiger partial charge in [0.05, 0.1) is 5.41 Å². The summed E-state index contributed by atoms with van der Waals surface area (Å²) < 4.78 is 0. The molecule has 0 atom stereocenters. The van der Waals surface area contributed by atoms with Gasteiger partial charge in [-0.05, 0) is 30.4 Å². The molecule has 0 saturated heterocycles. The van der Waals surface area contributed by atoms with E-state index in [1.807, 2.05) is 13.8 Å². The molecule has 0 unspecified atom stereocenters. The standard InChI is InChI=1S/C16H25NO/c1-15(2,3)12-8-10-13(11-9-12)16(4,5)14(18)17(6)7/h8-11H,1-7H3. The Balaban J connectivity index is 3.09. The fourth-order valence-corrected chi connectivity index (χ4v) is 2.07. The number of nitrogens with zero attached hydrogens (tertiary/aromatic N) is 1. The van der Waals surface area contributed by atoms with Crippen molar-refractivity contribution >= 4 is 5.91 Å². The molecule has 0 N–H and O–H groups in total. The van der Waals surface area contributed by atoms with E-state index < -0.39 is 5.41 Å². The molecule has 0 aliphatic rings. The molecular formula is C16H25NO. The Labute approximate surface area is 111 Å². The van der Waals surface area contributed by atoms with Gasteiger partial charge in [-0.15, -0.1) is 0 Å². The fraction of sp³-hybridized carbons (Fsp3) is 0.562. The molecule has 0 fully saturated rings. The first kappa shape index (κ1) is 14.7. The maximum Gasteiger partial charge on any atom is 0.232 e. The molecule has 0 heterocycles. The Hall–Kier alpha value is -1.31. The summed E-state index contributed by atoms with van der Waals surface area (Å²) in [5, 5.41) is 0. The number of hydrogen-bond acceptors (Lipinski definition) is 1. The minimum Gasteiger partial charge on any atom is -0.348 e. The Kier molecular flexibility index (Phi) is 3.89. The second kappa shape index (κ2) is 4.75. The lowest BCUT2D eigenvalue weighted by Gasteiger charge is -2.28. The highest BCUT2D eigenvalue weighted by atomic mass is 16.2. The first-order chi connectivity index (χ1) is 8.06. The molecule has 0 bridgehead atoms. The van der Waals surface area contributed by atoms with Crippen molar-refractivity contribution in [2.45, 2.75) is 45.4 Å². The fourth-order valence-electron chi connectivity index (χ4n) is 2.07. The highest BCUT2D eigenvalue weighted by molar-refractivity contribution is 5.87. The van der Waals surface area contributed by atoms with Crippen LogP contribution in [0.1, 0.15) is 45.7 Å². The van der Waals surface area contributed by atoms with Gasteiger partial charge in [0.15, 0.2) is 0 Å². The van der Waals surface area contributed by atoms with E-state index >= 15 is 0 Å². The first-order valence-corrected chi connectivity index (χ1v) is 6.39. The highest BCUT2D eigenvalue weighted by Gasteiger charge is 2.31. The minimum absolute atomic E-state index is 0.131. The number of likely N-dealkylation sites (N-methyl/N-ethyl adjacent to an activating group) is 1. The van der Waals surface area contributed by atoms with Gasteiger partial charge in [-0.1, -0.05) is 45.0 Å². The van der Waals surface area contributed by atoms with Crippen molar-refractivity contribution in [3.63, 3.8) is 0 Å². The second-order valence-electron chi connectivity index (χ2n) is 6.65. The average molecular weight is 247 g/mol. The number of carbonyl (C=O) groups excluding carboxylic acids is 1. The Morgan fingerprint density at radius 2 is 1.28 bits per heavy atom. The molecule has 0 saturated carbocycles. The largest absolute Gasteiger partial charge is 0.348 e. The van der Waals surface area contributed by atoms with E-state index in [0.717, 1.165) is 5.56 Å². The van der Waals surface area contributed by atoms with Gasteiger partial charge in [0, 0.05) is 14.1 Å². The van der Waals surface area contributed by atoms with Crippen molar-refractivity contribution in [1.29, 1.82) is 0 Å². The first-order valence-electron chi connectivity index (χ1n) is 6.39. The second-order valence-corrected chi connectivity index (χ2v) is 6.65. The topological polar surface area (TPSA) is 20.3 Å². The van der Waals surface area contributed by atoms with Gasteiger partial charge in [0.2, 0.25) is 5.91 Å². The Morgan fingerprint density at radius 3 is 1.61 bits per heavy atom. The molecule has 18 heavy (non-hydrogen) atoms. The molecule has 0 aliphatic heterocycles. The van der Waals surface area contributed by atoms with Crippen LogP contribution in [0.25, 0.3) is 0 Å². The van der Waals surface area contributed by atoms with E-state index in [-0.39, 0.29) is 11.3 Å². The molecule has 0 spiro atoms. The zero-order valence-corrected chi connectivity index (χ0v) is 12.7. The summed E-state index contributed by atoms with van der Waals surface area (Å²) in [5.74, 6) is 0.131. The summed E-state index contributed by atoms with van der Waals surface area (Å²) in [6.45, 7) is 10.5. The number of carbonyl (C=O) groups is 1. The van der Waals surface area contributed by atoms with E-state index in [2.05, 4.69) is 45.0 Å². The smallest absolute Gasteiger partial charge is 0.232 e. The zero-order valence-electron chi connectivity index (χ0n) is 12.7. The average Bonchev–Trinajstić information content (AvgIpc) is 2.26. The van der Waals surface area contributed by atoms with E-state index in [1.165, 1.54) is 5.56 Å². The molecule has 1 aromatic carbocycles. The SMILES string of the molecule is CN(C)C(=O)C(C)(C)c1ccc(C(C)(C)C)cc1.